The summed E-state index contributed by atoms with van der Waals surface area (Å²) in [6.45, 7) is 1.29. The van der Waals surface area contributed by atoms with Crippen molar-refractivity contribution in [3.63, 3.8) is 0 Å². The van der Waals surface area contributed by atoms with Gasteiger partial charge in [-0.3, -0.25) is 9.59 Å². The maximum Gasteiger partial charge on any atom is 0.326 e. The van der Waals surface area contributed by atoms with Gasteiger partial charge in [0.05, 0.1) is 6.07 Å². The number of nitrogens with one attached hydrogen (secondary N) is 2. The molecule has 0 unspecified atom stereocenters. The van der Waals surface area contributed by atoms with Crippen LogP contribution in [-0.2, 0) is 20.8 Å². The SMILES string of the molecule is CC(=O)N[C@H](Cc1ccccc1)C(=O)N[C@H](CCC#N)C(=O)O. The van der Waals surface area contributed by atoms with Crippen molar-refractivity contribution in [2.75, 3.05) is 0 Å². The first-order valence-electron chi connectivity index (χ1n) is 7.15. The fourth-order valence-electron chi connectivity index (χ4n) is 2.04. The largest absolute Gasteiger partial charge is 0.480 e. The van der Waals surface area contributed by atoms with E-state index in [2.05, 4.69) is 10.6 Å². The number of aliphatic carboxylic acids is 1. The van der Waals surface area contributed by atoms with Crippen LogP contribution in [0, 0.1) is 11.3 Å². The number of benzene rings is 1. The summed E-state index contributed by atoms with van der Waals surface area (Å²) < 4.78 is 0. The van der Waals surface area contributed by atoms with E-state index in [1.54, 1.807) is 0 Å². The molecule has 1 rings (SSSR count). The van der Waals surface area contributed by atoms with Crippen molar-refractivity contribution < 1.29 is 19.5 Å². The van der Waals surface area contributed by atoms with Gasteiger partial charge in [-0.15, -0.1) is 0 Å². The van der Waals surface area contributed by atoms with Gasteiger partial charge in [-0.05, 0) is 12.0 Å². The number of hydrogen-bond donors (Lipinski definition) is 3. The number of carbonyl (C=O) groups excluding carboxylic acids is 2. The molecule has 7 nitrogen and oxygen atoms in total. The molecule has 0 fully saturated rings. The van der Waals surface area contributed by atoms with Gasteiger partial charge in [0.2, 0.25) is 11.8 Å². The Labute approximate surface area is 134 Å². The van der Waals surface area contributed by atoms with Crippen LogP contribution in [0.2, 0.25) is 0 Å². The Morgan fingerprint density at radius 2 is 1.83 bits per heavy atom. The quantitative estimate of drug-likeness (QED) is 0.649. The molecule has 1 aromatic rings. The van der Waals surface area contributed by atoms with Crippen molar-refractivity contribution in [3.8, 4) is 6.07 Å². The topological polar surface area (TPSA) is 119 Å². The van der Waals surface area contributed by atoms with E-state index >= 15 is 0 Å². The van der Waals surface area contributed by atoms with E-state index in [0.29, 0.717) is 0 Å². The monoisotopic (exact) mass is 317 g/mol. The predicted octanol–water partition coefficient (Wildman–Crippen LogP) is 0.607. The number of carboxylic acids is 1. The Bertz CT molecular complexity index is 595. The summed E-state index contributed by atoms with van der Waals surface area (Å²) in [5.74, 6) is -2.19. The number of rotatable bonds is 8. The number of carbonyl (C=O) groups is 3. The summed E-state index contributed by atoms with van der Waals surface area (Å²) in [7, 11) is 0. The zero-order chi connectivity index (χ0) is 17.2. The molecule has 0 heterocycles. The van der Waals surface area contributed by atoms with Gasteiger partial charge in [-0.25, -0.2) is 4.79 Å². The minimum atomic E-state index is -1.21. The highest BCUT2D eigenvalue weighted by molar-refractivity contribution is 5.90. The molecule has 23 heavy (non-hydrogen) atoms. The molecule has 7 heteroatoms. The number of nitrogens with zero attached hydrogens (tertiary/aromatic N) is 1. The van der Waals surface area contributed by atoms with Crippen molar-refractivity contribution in [2.45, 2.75) is 38.3 Å². The van der Waals surface area contributed by atoms with Gasteiger partial charge in [0.1, 0.15) is 12.1 Å². The van der Waals surface area contributed by atoms with Crippen molar-refractivity contribution in [2.24, 2.45) is 0 Å². The fourth-order valence-corrected chi connectivity index (χ4v) is 2.04. The summed E-state index contributed by atoms with van der Waals surface area (Å²) in [6, 6.07) is 8.89. The van der Waals surface area contributed by atoms with Gasteiger partial charge in [0.25, 0.3) is 0 Å². The Morgan fingerprint density at radius 1 is 1.17 bits per heavy atom. The van der Waals surface area contributed by atoms with Gasteiger partial charge in [-0.1, -0.05) is 30.3 Å². The van der Waals surface area contributed by atoms with E-state index in [0.717, 1.165) is 5.56 Å². The van der Waals surface area contributed by atoms with Crippen LogP contribution in [-0.4, -0.2) is 35.0 Å². The van der Waals surface area contributed by atoms with E-state index < -0.39 is 24.0 Å². The molecule has 0 aliphatic rings. The molecular weight excluding hydrogens is 298 g/mol. The number of nitriles is 1. The van der Waals surface area contributed by atoms with Crippen LogP contribution >= 0.6 is 0 Å². The lowest BCUT2D eigenvalue weighted by Gasteiger charge is -2.20. The zero-order valence-corrected chi connectivity index (χ0v) is 12.8. The highest BCUT2D eigenvalue weighted by atomic mass is 16.4. The summed E-state index contributed by atoms with van der Waals surface area (Å²) in [5, 5.41) is 22.5. The summed E-state index contributed by atoms with van der Waals surface area (Å²) >= 11 is 0. The summed E-state index contributed by atoms with van der Waals surface area (Å²) in [6.07, 6.45) is 0.271. The molecule has 0 aliphatic carbocycles. The maximum absolute atomic E-state index is 12.3. The first-order valence-corrected chi connectivity index (χ1v) is 7.15. The minimum Gasteiger partial charge on any atom is -0.480 e. The predicted molar refractivity (Wildman–Crippen MR) is 82.2 cm³/mol. The minimum absolute atomic E-state index is 0.00962. The molecular formula is C16H19N3O4. The van der Waals surface area contributed by atoms with Crippen molar-refractivity contribution >= 4 is 17.8 Å². The van der Waals surface area contributed by atoms with Crippen LogP contribution in [0.4, 0.5) is 0 Å². The highest BCUT2D eigenvalue weighted by Crippen LogP contribution is 2.05. The van der Waals surface area contributed by atoms with Crippen molar-refractivity contribution in [3.05, 3.63) is 35.9 Å². The molecule has 0 saturated carbocycles. The number of carboxylic acid groups (broad SMARTS) is 1. The first kappa shape index (κ1) is 18.2. The van der Waals surface area contributed by atoms with Crippen molar-refractivity contribution in [1.82, 2.24) is 10.6 Å². The Hall–Kier alpha value is -2.88. The van der Waals surface area contributed by atoms with Crippen LogP contribution in [0.15, 0.2) is 30.3 Å². The third-order valence-electron chi connectivity index (χ3n) is 3.14. The second kappa shape index (κ2) is 9.20. The van der Waals surface area contributed by atoms with Gasteiger partial charge in [0.15, 0.2) is 0 Å². The molecule has 0 bridgehead atoms. The Balaban J connectivity index is 2.80. The number of hydrogen-bond acceptors (Lipinski definition) is 4. The van der Waals surface area contributed by atoms with Crippen LogP contribution in [0.1, 0.15) is 25.3 Å². The highest BCUT2D eigenvalue weighted by Gasteiger charge is 2.25. The van der Waals surface area contributed by atoms with Gasteiger partial charge < -0.3 is 15.7 Å². The molecule has 0 radical (unpaired) electrons. The molecule has 3 N–H and O–H groups in total. The molecule has 0 saturated heterocycles. The van der Waals surface area contributed by atoms with Crippen LogP contribution in [0.3, 0.4) is 0 Å². The second-order valence-corrected chi connectivity index (χ2v) is 5.04. The zero-order valence-electron chi connectivity index (χ0n) is 12.8. The van der Waals surface area contributed by atoms with Crippen molar-refractivity contribution in [1.29, 1.82) is 5.26 Å². The lowest BCUT2D eigenvalue weighted by Crippen LogP contribution is -2.52. The Morgan fingerprint density at radius 3 is 2.35 bits per heavy atom. The van der Waals surface area contributed by atoms with Gasteiger partial charge in [0, 0.05) is 19.8 Å². The third kappa shape index (κ3) is 6.61. The van der Waals surface area contributed by atoms with E-state index in [1.165, 1.54) is 6.92 Å². The van der Waals surface area contributed by atoms with Crippen LogP contribution < -0.4 is 10.6 Å². The van der Waals surface area contributed by atoms with E-state index in [1.807, 2.05) is 36.4 Å². The lowest BCUT2D eigenvalue weighted by molar-refractivity contribution is -0.142. The smallest absolute Gasteiger partial charge is 0.326 e. The summed E-state index contributed by atoms with van der Waals surface area (Å²) in [4.78, 5) is 34.7. The number of amides is 2. The lowest BCUT2D eigenvalue weighted by atomic mass is 10.0. The Kier molecular flexibility index (Phi) is 7.27. The van der Waals surface area contributed by atoms with Crippen LogP contribution in [0.5, 0.6) is 0 Å². The summed E-state index contributed by atoms with van der Waals surface area (Å²) in [5.41, 5.74) is 0.838. The second-order valence-electron chi connectivity index (χ2n) is 5.04. The molecule has 1 aromatic carbocycles. The molecule has 0 aliphatic heterocycles. The molecule has 2 amide bonds. The maximum atomic E-state index is 12.3. The van der Waals surface area contributed by atoms with E-state index in [9.17, 15) is 14.4 Å². The van der Waals surface area contributed by atoms with Gasteiger partial charge in [-0.2, -0.15) is 5.26 Å². The molecule has 0 aromatic heterocycles. The average Bonchev–Trinajstić information content (AvgIpc) is 2.50. The standard InChI is InChI=1S/C16H19N3O4/c1-11(20)18-14(10-12-6-3-2-4-7-12)15(21)19-13(16(22)23)8-5-9-17/h2-4,6-7,13-14H,5,8,10H2,1H3,(H,18,20)(H,19,21)(H,22,23)/t13-,14-/m1/s1. The first-order chi connectivity index (χ1) is 10.9. The molecule has 122 valence electrons. The van der Waals surface area contributed by atoms with E-state index in [4.69, 9.17) is 10.4 Å². The normalized spacial score (nSPS) is 12.5. The fraction of sp³-hybridized carbons (Fsp3) is 0.375. The van der Waals surface area contributed by atoms with Crippen LogP contribution in [0.25, 0.3) is 0 Å². The van der Waals surface area contributed by atoms with Gasteiger partial charge >= 0.3 is 5.97 Å². The molecule has 2 atom stereocenters. The average molecular weight is 317 g/mol. The third-order valence-corrected chi connectivity index (χ3v) is 3.14. The van der Waals surface area contributed by atoms with E-state index in [-0.39, 0.29) is 25.2 Å². The molecule has 0 spiro atoms.